The first-order valence-corrected chi connectivity index (χ1v) is 4.56. The lowest BCUT2D eigenvalue weighted by Gasteiger charge is -2.04. The molecule has 0 aromatic heterocycles. The van der Waals surface area contributed by atoms with E-state index in [1.807, 2.05) is 0 Å². The van der Waals surface area contributed by atoms with E-state index >= 15 is 0 Å². The van der Waals surface area contributed by atoms with E-state index < -0.39 is 5.97 Å². The molecule has 0 unspecified atom stereocenters. The Morgan fingerprint density at radius 1 is 1.53 bits per heavy atom. The highest BCUT2D eigenvalue weighted by Gasteiger charge is 2.05. The van der Waals surface area contributed by atoms with Crippen LogP contribution in [0.2, 0.25) is 5.02 Å². The van der Waals surface area contributed by atoms with Crippen LogP contribution < -0.4 is 4.74 Å². The smallest absolute Gasteiger partial charge is 0.308 e. The fourth-order valence-corrected chi connectivity index (χ4v) is 1.16. The Labute approximate surface area is 92.4 Å². The molecule has 0 N–H and O–H groups in total. The Bertz CT molecular complexity index is 390. The molecule has 0 saturated carbocycles. The van der Waals surface area contributed by atoms with Crippen molar-refractivity contribution < 1.29 is 14.4 Å². The lowest BCUT2D eigenvalue weighted by Crippen LogP contribution is -2.03. The molecule has 0 atom stereocenters. The van der Waals surface area contributed by atoms with Gasteiger partial charge in [0.05, 0.1) is 6.21 Å². The molecule has 0 bridgehead atoms. The van der Waals surface area contributed by atoms with Crippen LogP contribution in [0.25, 0.3) is 0 Å². The van der Waals surface area contributed by atoms with Gasteiger partial charge in [-0.05, 0) is 18.2 Å². The van der Waals surface area contributed by atoms with Crippen molar-refractivity contribution in [1.82, 2.24) is 0 Å². The van der Waals surface area contributed by atoms with Crippen molar-refractivity contribution in [3.05, 3.63) is 28.8 Å². The van der Waals surface area contributed by atoms with Crippen molar-refractivity contribution in [3.8, 4) is 5.75 Å². The minimum Gasteiger partial charge on any atom is -0.426 e. The molecule has 0 amide bonds. The normalized spacial score (nSPS) is 10.3. The van der Waals surface area contributed by atoms with Gasteiger partial charge in [0.1, 0.15) is 12.9 Å². The van der Waals surface area contributed by atoms with Crippen molar-refractivity contribution in [2.75, 3.05) is 7.11 Å². The molecule has 0 aliphatic rings. The fraction of sp³-hybridized carbons (Fsp3) is 0.200. The molecule has 0 aliphatic carbocycles. The van der Waals surface area contributed by atoms with Gasteiger partial charge in [-0.15, -0.1) is 0 Å². The van der Waals surface area contributed by atoms with Crippen LogP contribution in [-0.4, -0.2) is 19.3 Å². The zero-order valence-corrected chi connectivity index (χ0v) is 9.12. The molecule has 1 aromatic carbocycles. The van der Waals surface area contributed by atoms with E-state index in [1.165, 1.54) is 20.2 Å². The summed E-state index contributed by atoms with van der Waals surface area (Å²) < 4.78 is 4.95. The molecule has 0 saturated heterocycles. The standard InChI is InChI=1S/C10H10ClNO3/c1-7(13)15-10-4-3-9(11)5-8(10)6-12-14-2/h3-6H,1-2H3/b12-6+. The number of ether oxygens (including phenoxy) is 1. The van der Waals surface area contributed by atoms with Crippen LogP contribution in [0.15, 0.2) is 23.4 Å². The molecule has 1 aromatic rings. The second-order valence-corrected chi connectivity index (χ2v) is 3.13. The van der Waals surface area contributed by atoms with Gasteiger partial charge in [-0.3, -0.25) is 4.79 Å². The summed E-state index contributed by atoms with van der Waals surface area (Å²) in [7, 11) is 1.42. The van der Waals surface area contributed by atoms with E-state index in [2.05, 4.69) is 9.99 Å². The zero-order valence-electron chi connectivity index (χ0n) is 8.36. The van der Waals surface area contributed by atoms with E-state index in [9.17, 15) is 4.79 Å². The number of benzene rings is 1. The minimum absolute atomic E-state index is 0.396. The molecule has 0 heterocycles. The average Bonchev–Trinajstić information content (AvgIpc) is 2.18. The topological polar surface area (TPSA) is 47.9 Å². The number of halogens is 1. The molecule has 0 spiro atoms. The Hall–Kier alpha value is -1.55. The van der Waals surface area contributed by atoms with Gasteiger partial charge in [0.15, 0.2) is 0 Å². The number of hydrogen-bond donors (Lipinski definition) is 0. The number of carbonyl (C=O) groups is 1. The Balaban J connectivity index is 3.02. The summed E-state index contributed by atoms with van der Waals surface area (Å²) in [5.41, 5.74) is 0.583. The van der Waals surface area contributed by atoms with Crippen LogP contribution in [0.1, 0.15) is 12.5 Å². The molecule has 4 nitrogen and oxygen atoms in total. The first-order chi connectivity index (χ1) is 7.13. The highest BCUT2D eigenvalue weighted by molar-refractivity contribution is 6.30. The number of carbonyl (C=O) groups excluding carboxylic acids is 1. The van der Waals surface area contributed by atoms with Crippen LogP contribution in [0, 0.1) is 0 Å². The molecule has 0 fully saturated rings. The Kier molecular flexibility index (Phi) is 4.12. The zero-order chi connectivity index (χ0) is 11.3. The number of rotatable bonds is 3. The summed E-state index contributed by atoms with van der Waals surface area (Å²) in [6, 6.07) is 4.85. The maximum absolute atomic E-state index is 10.8. The van der Waals surface area contributed by atoms with E-state index in [1.54, 1.807) is 18.2 Å². The first kappa shape index (κ1) is 11.5. The van der Waals surface area contributed by atoms with Crippen LogP contribution in [-0.2, 0) is 9.63 Å². The quantitative estimate of drug-likeness (QED) is 0.344. The Morgan fingerprint density at radius 3 is 2.87 bits per heavy atom. The van der Waals surface area contributed by atoms with Crippen LogP contribution >= 0.6 is 11.6 Å². The lowest BCUT2D eigenvalue weighted by atomic mass is 10.2. The first-order valence-electron chi connectivity index (χ1n) is 4.18. The van der Waals surface area contributed by atoms with E-state index in [4.69, 9.17) is 16.3 Å². The second kappa shape index (κ2) is 5.36. The summed E-state index contributed by atoms with van der Waals surface area (Å²) in [5, 5.41) is 4.11. The minimum atomic E-state index is -0.399. The van der Waals surface area contributed by atoms with E-state index in [0.29, 0.717) is 16.3 Å². The fourth-order valence-electron chi connectivity index (χ4n) is 0.977. The largest absolute Gasteiger partial charge is 0.426 e. The van der Waals surface area contributed by atoms with Gasteiger partial charge in [0, 0.05) is 17.5 Å². The second-order valence-electron chi connectivity index (χ2n) is 2.69. The van der Waals surface area contributed by atoms with Gasteiger partial charge >= 0.3 is 5.97 Å². The van der Waals surface area contributed by atoms with Gasteiger partial charge in [-0.1, -0.05) is 16.8 Å². The predicted octanol–water partition coefficient (Wildman–Crippen LogP) is 2.25. The molecule has 0 radical (unpaired) electrons. The third kappa shape index (κ3) is 3.59. The number of hydrogen-bond acceptors (Lipinski definition) is 4. The van der Waals surface area contributed by atoms with Gasteiger partial charge in [-0.2, -0.15) is 0 Å². The summed E-state index contributed by atoms with van der Waals surface area (Å²) in [4.78, 5) is 15.3. The summed E-state index contributed by atoms with van der Waals surface area (Å²) in [6.45, 7) is 1.33. The molecule has 80 valence electrons. The number of esters is 1. The predicted molar refractivity (Wildman–Crippen MR) is 57.4 cm³/mol. The van der Waals surface area contributed by atoms with Crippen LogP contribution in [0.3, 0.4) is 0 Å². The molecular formula is C10H10ClNO3. The van der Waals surface area contributed by atoms with Gasteiger partial charge in [-0.25, -0.2) is 0 Å². The highest BCUT2D eigenvalue weighted by atomic mass is 35.5. The highest BCUT2D eigenvalue weighted by Crippen LogP contribution is 2.21. The molecule has 5 heteroatoms. The Morgan fingerprint density at radius 2 is 2.27 bits per heavy atom. The third-order valence-electron chi connectivity index (χ3n) is 1.52. The van der Waals surface area contributed by atoms with E-state index in [0.717, 1.165) is 0 Å². The van der Waals surface area contributed by atoms with Crippen molar-refractivity contribution >= 4 is 23.8 Å². The van der Waals surface area contributed by atoms with Crippen molar-refractivity contribution in [1.29, 1.82) is 0 Å². The van der Waals surface area contributed by atoms with E-state index in [-0.39, 0.29) is 0 Å². The summed E-state index contributed by atoms with van der Waals surface area (Å²) >= 11 is 5.79. The summed E-state index contributed by atoms with van der Waals surface area (Å²) in [5.74, 6) is -0.00270. The van der Waals surface area contributed by atoms with Crippen LogP contribution in [0.4, 0.5) is 0 Å². The van der Waals surface area contributed by atoms with Crippen molar-refractivity contribution in [3.63, 3.8) is 0 Å². The summed E-state index contributed by atoms with van der Waals surface area (Å²) in [6.07, 6.45) is 1.42. The average molecular weight is 228 g/mol. The molecular weight excluding hydrogens is 218 g/mol. The molecule has 0 aliphatic heterocycles. The van der Waals surface area contributed by atoms with Gasteiger partial charge in [0.2, 0.25) is 0 Å². The SMILES string of the molecule is CO/N=C/c1cc(Cl)ccc1OC(C)=O. The monoisotopic (exact) mass is 227 g/mol. The number of oxime groups is 1. The van der Waals surface area contributed by atoms with Crippen LogP contribution in [0.5, 0.6) is 5.75 Å². The lowest BCUT2D eigenvalue weighted by molar-refractivity contribution is -0.131. The molecule has 15 heavy (non-hydrogen) atoms. The molecule has 1 rings (SSSR count). The maximum Gasteiger partial charge on any atom is 0.308 e. The van der Waals surface area contributed by atoms with Crippen molar-refractivity contribution in [2.24, 2.45) is 5.16 Å². The third-order valence-corrected chi connectivity index (χ3v) is 1.76. The van der Waals surface area contributed by atoms with Crippen molar-refractivity contribution in [2.45, 2.75) is 6.92 Å². The van der Waals surface area contributed by atoms with Gasteiger partial charge < -0.3 is 9.57 Å². The maximum atomic E-state index is 10.8. The van der Waals surface area contributed by atoms with Gasteiger partial charge in [0.25, 0.3) is 0 Å². The number of nitrogens with zero attached hydrogens (tertiary/aromatic N) is 1.